The molecule has 0 spiro atoms. The molecule has 4 heteroatoms. The summed E-state index contributed by atoms with van der Waals surface area (Å²) in [4.78, 5) is 27.5. The number of hydrogen-bond acceptors (Lipinski definition) is 2. The molecule has 0 aromatic heterocycles. The van der Waals surface area contributed by atoms with E-state index in [1.807, 2.05) is 24.3 Å². The van der Waals surface area contributed by atoms with Gasteiger partial charge in [0.25, 0.3) is 5.91 Å². The van der Waals surface area contributed by atoms with Gasteiger partial charge in [-0.15, -0.1) is 0 Å². The average Bonchev–Trinajstić information content (AvgIpc) is 2.90. The number of carbonyl (C=O) groups is 2. The predicted molar refractivity (Wildman–Crippen MR) is 94.6 cm³/mol. The number of nitrogens with zero attached hydrogens (tertiary/aromatic N) is 1. The largest absolute Gasteiger partial charge is 0.352 e. The highest BCUT2D eigenvalue weighted by molar-refractivity contribution is 6.01. The van der Waals surface area contributed by atoms with Crippen LogP contribution < -0.4 is 5.32 Å². The van der Waals surface area contributed by atoms with Gasteiger partial charge in [0, 0.05) is 18.2 Å². The third-order valence-electron chi connectivity index (χ3n) is 5.17. The molecule has 1 saturated carbocycles. The summed E-state index contributed by atoms with van der Waals surface area (Å²) in [6, 6.07) is 7.60. The SMILES string of the molecule is CC(C)C[C@H](C(=O)NC1CCCCC1)N1Cc2ccccc2C1=O. The van der Waals surface area contributed by atoms with Crippen LogP contribution in [-0.4, -0.2) is 28.8 Å². The molecule has 1 aliphatic heterocycles. The second-order valence-corrected chi connectivity index (χ2v) is 7.58. The van der Waals surface area contributed by atoms with Crippen LogP contribution in [0, 0.1) is 5.92 Å². The molecule has 0 unspecified atom stereocenters. The maximum atomic E-state index is 12.9. The minimum atomic E-state index is -0.369. The molecule has 24 heavy (non-hydrogen) atoms. The molecule has 1 N–H and O–H groups in total. The quantitative estimate of drug-likeness (QED) is 0.899. The van der Waals surface area contributed by atoms with Crippen molar-refractivity contribution in [2.45, 2.75) is 71.0 Å². The lowest BCUT2D eigenvalue weighted by atomic mass is 9.94. The van der Waals surface area contributed by atoms with Gasteiger partial charge >= 0.3 is 0 Å². The Morgan fingerprint density at radius 1 is 1.21 bits per heavy atom. The van der Waals surface area contributed by atoms with Crippen LogP contribution in [0.1, 0.15) is 68.3 Å². The van der Waals surface area contributed by atoms with Gasteiger partial charge in [-0.1, -0.05) is 51.3 Å². The van der Waals surface area contributed by atoms with Gasteiger partial charge in [-0.3, -0.25) is 9.59 Å². The van der Waals surface area contributed by atoms with E-state index in [2.05, 4.69) is 19.2 Å². The van der Waals surface area contributed by atoms with Crippen LogP contribution in [0.4, 0.5) is 0 Å². The molecule has 0 saturated heterocycles. The Morgan fingerprint density at radius 3 is 2.58 bits per heavy atom. The zero-order chi connectivity index (χ0) is 17.1. The Balaban J connectivity index is 1.74. The van der Waals surface area contributed by atoms with E-state index >= 15 is 0 Å². The maximum absolute atomic E-state index is 12.9. The van der Waals surface area contributed by atoms with Crippen molar-refractivity contribution in [2.75, 3.05) is 0 Å². The van der Waals surface area contributed by atoms with Crippen molar-refractivity contribution in [2.24, 2.45) is 5.92 Å². The minimum absolute atomic E-state index is 0.00459. The van der Waals surface area contributed by atoms with Crippen molar-refractivity contribution in [1.82, 2.24) is 10.2 Å². The topological polar surface area (TPSA) is 49.4 Å². The zero-order valence-electron chi connectivity index (χ0n) is 14.8. The summed E-state index contributed by atoms with van der Waals surface area (Å²) in [6.45, 7) is 4.76. The molecule has 1 aromatic rings. The average molecular weight is 328 g/mol. The lowest BCUT2D eigenvalue weighted by Crippen LogP contribution is -2.50. The smallest absolute Gasteiger partial charge is 0.255 e. The number of rotatable bonds is 5. The molecule has 0 bridgehead atoms. The summed E-state index contributed by atoms with van der Waals surface area (Å²) < 4.78 is 0. The van der Waals surface area contributed by atoms with E-state index in [9.17, 15) is 9.59 Å². The molecule has 1 aliphatic carbocycles. The van der Waals surface area contributed by atoms with Crippen LogP contribution in [0.15, 0.2) is 24.3 Å². The van der Waals surface area contributed by atoms with E-state index in [-0.39, 0.29) is 23.9 Å². The van der Waals surface area contributed by atoms with Crippen LogP contribution in [0.25, 0.3) is 0 Å². The van der Waals surface area contributed by atoms with Gasteiger partial charge < -0.3 is 10.2 Å². The highest BCUT2D eigenvalue weighted by Gasteiger charge is 2.37. The minimum Gasteiger partial charge on any atom is -0.352 e. The van der Waals surface area contributed by atoms with Crippen molar-refractivity contribution in [3.05, 3.63) is 35.4 Å². The zero-order valence-corrected chi connectivity index (χ0v) is 14.8. The van der Waals surface area contributed by atoms with Crippen LogP contribution in [-0.2, 0) is 11.3 Å². The molecular weight excluding hydrogens is 300 g/mol. The molecule has 4 nitrogen and oxygen atoms in total. The summed E-state index contributed by atoms with van der Waals surface area (Å²) in [5.74, 6) is 0.385. The molecule has 1 fully saturated rings. The van der Waals surface area contributed by atoms with E-state index in [4.69, 9.17) is 0 Å². The lowest BCUT2D eigenvalue weighted by Gasteiger charge is -2.31. The van der Waals surface area contributed by atoms with E-state index in [1.54, 1.807) is 4.90 Å². The molecule has 1 atom stereocenters. The fourth-order valence-corrected chi connectivity index (χ4v) is 3.90. The molecule has 1 heterocycles. The number of amides is 2. The summed E-state index contributed by atoms with van der Waals surface area (Å²) in [6.07, 6.45) is 6.48. The first-order valence-electron chi connectivity index (χ1n) is 9.25. The third kappa shape index (κ3) is 3.63. The van der Waals surface area contributed by atoms with Crippen molar-refractivity contribution < 1.29 is 9.59 Å². The van der Waals surface area contributed by atoms with Gasteiger partial charge in [0.15, 0.2) is 0 Å². The van der Waals surface area contributed by atoms with Crippen LogP contribution in [0.3, 0.4) is 0 Å². The fraction of sp³-hybridized carbons (Fsp3) is 0.600. The second-order valence-electron chi connectivity index (χ2n) is 7.58. The van der Waals surface area contributed by atoms with E-state index in [0.717, 1.165) is 24.0 Å². The van der Waals surface area contributed by atoms with Gasteiger partial charge in [0.05, 0.1) is 0 Å². The van der Waals surface area contributed by atoms with E-state index in [0.29, 0.717) is 18.9 Å². The predicted octanol–water partition coefficient (Wildman–Crippen LogP) is 3.51. The highest BCUT2D eigenvalue weighted by Crippen LogP contribution is 2.27. The highest BCUT2D eigenvalue weighted by atomic mass is 16.2. The van der Waals surface area contributed by atoms with Crippen molar-refractivity contribution in [3.8, 4) is 0 Å². The Labute approximate surface area is 144 Å². The second kappa shape index (κ2) is 7.37. The molecular formula is C20H28N2O2. The Bertz CT molecular complexity index is 605. The Morgan fingerprint density at radius 2 is 1.92 bits per heavy atom. The molecule has 2 aliphatic rings. The summed E-state index contributed by atoms with van der Waals surface area (Å²) in [7, 11) is 0. The number of carbonyl (C=O) groups excluding carboxylic acids is 2. The van der Waals surface area contributed by atoms with Crippen molar-refractivity contribution in [3.63, 3.8) is 0 Å². The van der Waals surface area contributed by atoms with E-state index < -0.39 is 0 Å². The van der Waals surface area contributed by atoms with Gasteiger partial charge in [0.1, 0.15) is 6.04 Å². The van der Waals surface area contributed by atoms with Crippen molar-refractivity contribution >= 4 is 11.8 Å². The van der Waals surface area contributed by atoms with Gasteiger partial charge in [0.2, 0.25) is 5.91 Å². The van der Waals surface area contributed by atoms with Gasteiger partial charge in [-0.25, -0.2) is 0 Å². The van der Waals surface area contributed by atoms with Gasteiger partial charge in [-0.05, 0) is 36.8 Å². The van der Waals surface area contributed by atoms with Gasteiger partial charge in [-0.2, -0.15) is 0 Å². The number of nitrogens with one attached hydrogen (secondary N) is 1. The molecule has 130 valence electrons. The first-order chi connectivity index (χ1) is 11.6. The first-order valence-corrected chi connectivity index (χ1v) is 9.25. The third-order valence-corrected chi connectivity index (χ3v) is 5.17. The fourth-order valence-electron chi connectivity index (χ4n) is 3.90. The standard InChI is InChI=1S/C20H28N2O2/c1-14(2)12-18(19(23)21-16-9-4-3-5-10-16)22-13-15-8-6-7-11-17(15)20(22)24/h6-8,11,14,16,18H,3-5,9-10,12-13H2,1-2H3,(H,21,23)/t18-/m1/s1. The molecule has 0 radical (unpaired) electrons. The number of hydrogen-bond donors (Lipinski definition) is 1. The normalized spacial score (nSPS) is 19.5. The molecule has 2 amide bonds. The van der Waals surface area contributed by atoms with Crippen molar-refractivity contribution in [1.29, 1.82) is 0 Å². The first kappa shape index (κ1) is 17.0. The lowest BCUT2D eigenvalue weighted by molar-refractivity contribution is -0.127. The number of fused-ring (bicyclic) bond motifs is 1. The summed E-state index contributed by atoms with van der Waals surface area (Å²) >= 11 is 0. The Hall–Kier alpha value is -1.84. The monoisotopic (exact) mass is 328 g/mol. The molecule has 1 aromatic carbocycles. The summed E-state index contributed by atoms with van der Waals surface area (Å²) in [5.41, 5.74) is 1.78. The Kier molecular flexibility index (Phi) is 5.22. The van der Waals surface area contributed by atoms with E-state index in [1.165, 1.54) is 19.3 Å². The summed E-state index contributed by atoms with van der Waals surface area (Å²) in [5, 5.41) is 3.22. The molecule has 3 rings (SSSR count). The van der Waals surface area contributed by atoms with Crippen LogP contribution in [0.2, 0.25) is 0 Å². The van der Waals surface area contributed by atoms with Crippen LogP contribution >= 0.6 is 0 Å². The number of benzene rings is 1. The van der Waals surface area contributed by atoms with Crippen LogP contribution in [0.5, 0.6) is 0 Å². The maximum Gasteiger partial charge on any atom is 0.255 e.